The van der Waals surface area contributed by atoms with Crippen molar-refractivity contribution in [1.29, 1.82) is 0 Å². The average molecular weight is 263 g/mol. The summed E-state index contributed by atoms with van der Waals surface area (Å²) in [7, 11) is 0. The van der Waals surface area contributed by atoms with Gasteiger partial charge in [-0.15, -0.1) is 0 Å². The summed E-state index contributed by atoms with van der Waals surface area (Å²) in [5, 5.41) is 0. The summed E-state index contributed by atoms with van der Waals surface area (Å²) in [4.78, 5) is 13.8. The second-order valence-corrected chi connectivity index (χ2v) is 5.03. The van der Waals surface area contributed by atoms with Crippen molar-refractivity contribution in [2.45, 2.75) is 26.9 Å². The van der Waals surface area contributed by atoms with Crippen molar-refractivity contribution in [3.8, 4) is 11.5 Å². The van der Waals surface area contributed by atoms with Crippen LogP contribution >= 0.6 is 0 Å². The number of ether oxygens (including phenoxy) is 2. The summed E-state index contributed by atoms with van der Waals surface area (Å²) >= 11 is 0. The number of carbonyl (C=O) groups is 1. The Morgan fingerprint density at radius 3 is 2.68 bits per heavy atom. The molecule has 4 nitrogen and oxygen atoms in total. The van der Waals surface area contributed by atoms with Gasteiger partial charge < -0.3 is 14.4 Å². The van der Waals surface area contributed by atoms with Crippen molar-refractivity contribution in [2.24, 2.45) is 5.92 Å². The zero-order chi connectivity index (χ0) is 13.8. The van der Waals surface area contributed by atoms with Crippen LogP contribution in [-0.2, 0) is 4.79 Å². The van der Waals surface area contributed by atoms with Gasteiger partial charge in [0.05, 0.1) is 6.54 Å². The lowest BCUT2D eigenvalue weighted by atomic mass is 10.1. The summed E-state index contributed by atoms with van der Waals surface area (Å²) in [5.41, 5.74) is 0. The van der Waals surface area contributed by atoms with Gasteiger partial charge in [0, 0.05) is 12.5 Å². The molecule has 0 fully saturated rings. The molecule has 1 aromatic carbocycles. The molecule has 0 spiro atoms. The van der Waals surface area contributed by atoms with Crippen LogP contribution in [0.3, 0.4) is 0 Å². The zero-order valence-electron chi connectivity index (χ0n) is 11.8. The lowest BCUT2D eigenvalue weighted by Crippen LogP contribution is -2.44. The molecule has 0 N–H and O–H groups in total. The van der Waals surface area contributed by atoms with E-state index in [0.717, 1.165) is 11.5 Å². The summed E-state index contributed by atoms with van der Waals surface area (Å²) in [5.74, 6) is 1.70. The van der Waals surface area contributed by atoms with Crippen molar-refractivity contribution < 1.29 is 14.3 Å². The Morgan fingerprint density at radius 2 is 2.05 bits per heavy atom. The normalized spacial score (nSPS) is 17.4. The van der Waals surface area contributed by atoms with Gasteiger partial charge in [0.1, 0.15) is 6.61 Å². The van der Waals surface area contributed by atoms with Gasteiger partial charge in [-0.3, -0.25) is 4.79 Å². The number of likely N-dealkylation sites (N-methyl/N-ethyl adjacent to an activating group) is 1. The number of hydrogen-bond donors (Lipinski definition) is 0. The second kappa shape index (κ2) is 5.95. The van der Waals surface area contributed by atoms with Gasteiger partial charge in [-0.05, 0) is 19.1 Å². The largest absolute Gasteiger partial charge is 0.486 e. The van der Waals surface area contributed by atoms with Gasteiger partial charge >= 0.3 is 0 Å². The molecule has 1 heterocycles. The van der Waals surface area contributed by atoms with E-state index < -0.39 is 0 Å². The molecule has 1 amide bonds. The minimum atomic E-state index is -0.0995. The van der Waals surface area contributed by atoms with Crippen LogP contribution in [-0.4, -0.2) is 36.6 Å². The van der Waals surface area contributed by atoms with Gasteiger partial charge in [0.15, 0.2) is 17.6 Å². The third-order valence-electron chi connectivity index (χ3n) is 3.18. The molecule has 2 rings (SSSR count). The van der Waals surface area contributed by atoms with E-state index in [2.05, 4.69) is 0 Å². The van der Waals surface area contributed by atoms with Crippen LogP contribution in [0.4, 0.5) is 0 Å². The molecule has 0 saturated heterocycles. The maximum Gasteiger partial charge on any atom is 0.225 e. The van der Waals surface area contributed by atoms with Crippen molar-refractivity contribution >= 4 is 5.91 Å². The topological polar surface area (TPSA) is 38.8 Å². The van der Waals surface area contributed by atoms with E-state index in [-0.39, 0.29) is 17.9 Å². The van der Waals surface area contributed by atoms with Gasteiger partial charge in [-0.25, -0.2) is 0 Å². The van der Waals surface area contributed by atoms with Crippen LogP contribution in [0, 0.1) is 5.92 Å². The van der Waals surface area contributed by atoms with Gasteiger partial charge in [0.2, 0.25) is 5.91 Å². The van der Waals surface area contributed by atoms with Crippen molar-refractivity contribution in [3.63, 3.8) is 0 Å². The molecule has 19 heavy (non-hydrogen) atoms. The van der Waals surface area contributed by atoms with Crippen LogP contribution in [0.15, 0.2) is 24.3 Å². The molecule has 0 radical (unpaired) electrons. The molecule has 1 aromatic rings. The average Bonchev–Trinajstić information content (AvgIpc) is 2.43. The Labute approximate surface area is 114 Å². The van der Waals surface area contributed by atoms with Gasteiger partial charge in [-0.1, -0.05) is 26.0 Å². The minimum absolute atomic E-state index is 0.0109. The Kier molecular flexibility index (Phi) is 4.30. The molecule has 1 atom stereocenters. The van der Waals surface area contributed by atoms with Crippen LogP contribution in [0.2, 0.25) is 0 Å². The first-order valence-electron chi connectivity index (χ1n) is 6.79. The van der Waals surface area contributed by atoms with Crippen LogP contribution in [0.25, 0.3) is 0 Å². The number of fused-ring (bicyclic) bond motifs is 1. The molecule has 0 aliphatic carbocycles. The van der Waals surface area contributed by atoms with E-state index in [0.29, 0.717) is 19.7 Å². The van der Waals surface area contributed by atoms with Crippen molar-refractivity contribution in [2.75, 3.05) is 19.7 Å². The summed E-state index contributed by atoms with van der Waals surface area (Å²) in [6.45, 7) is 7.56. The predicted molar refractivity (Wildman–Crippen MR) is 73.4 cm³/mol. The monoisotopic (exact) mass is 263 g/mol. The van der Waals surface area contributed by atoms with Crippen molar-refractivity contribution in [1.82, 2.24) is 4.90 Å². The Balaban J connectivity index is 1.99. The van der Waals surface area contributed by atoms with E-state index >= 15 is 0 Å². The molecular weight excluding hydrogens is 242 g/mol. The van der Waals surface area contributed by atoms with Crippen molar-refractivity contribution in [3.05, 3.63) is 24.3 Å². The first-order chi connectivity index (χ1) is 9.11. The Hall–Kier alpha value is -1.71. The van der Waals surface area contributed by atoms with E-state index in [1.54, 1.807) is 0 Å². The minimum Gasteiger partial charge on any atom is -0.486 e. The fourth-order valence-corrected chi connectivity index (χ4v) is 2.14. The lowest BCUT2D eigenvalue weighted by Gasteiger charge is -2.31. The number of rotatable bonds is 4. The third kappa shape index (κ3) is 3.19. The second-order valence-electron chi connectivity index (χ2n) is 5.03. The fraction of sp³-hybridized carbons (Fsp3) is 0.533. The first kappa shape index (κ1) is 13.7. The number of nitrogens with zero attached hydrogens (tertiary/aromatic N) is 1. The van der Waals surface area contributed by atoms with E-state index in [1.165, 1.54) is 0 Å². The highest BCUT2D eigenvalue weighted by atomic mass is 16.6. The SMILES string of the molecule is CCN(C[C@H]1COc2ccccc2O1)C(=O)C(C)C. The maximum absolute atomic E-state index is 12.0. The van der Waals surface area contributed by atoms with Gasteiger partial charge in [0.25, 0.3) is 0 Å². The summed E-state index contributed by atoms with van der Waals surface area (Å²) in [6.07, 6.45) is -0.0995. The van der Waals surface area contributed by atoms with Crippen LogP contribution in [0.1, 0.15) is 20.8 Å². The Morgan fingerprint density at radius 1 is 1.37 bits per heavy atom. The smallest absolute Gasteiger partial charge is 0.225 e. The first-order valence-corrected chi connectivity index (χ1v) is 6.79. The molecule has 1 aliphatic rings. The highest BCUT2D eigenvalue weighted by molar-refractivity contribution is 5.78. The molecule has 0 unspecified atom stereocenters. The molecule has 0 saturated carbocycles. The van der Waals surface area contributed by atoms with Crippen LogP contribution < -0.4 is 9.47 Å². The molecule has 0 bridgehead atoms. The highest BCUT2D eigenvalue weighted by Gasteiger charge is 2.25. The predicted octanol–water partition coefficient (Wildman–Crippen LogP) is 2.33. The quantitative estimate of drug-likeness (QED) is 0.837. The fourth-order valence-electron chi connectivity index (χ4n) is 2.14. The summed E-state index contributed by atoms with van der Waals surface area (Å²) < 4.78 is 11.5. The van der Waals surface area contributed by atoms with E-state index in [4.69, 9.17) is 9.47 Å². The molecule has 0 aromatic heterocycles. The standard InChI is InChI=1S/C15H21NO3/c1-4-16(15(17)11(2)3)9-12-10-18-13-7-5-6-8-14(13)19-12/h5-8,11-12H,4,9-10H2,1-3H3/t12-/m0/s1. The molecule has 104 valence electrons. The molecule has 4 heteroatoms. The zero-order valence-corrected chi connectivity index (χ0v) is 11.8. The number of para-hydroxylation sites is 2. The summed E-state index contributed by atoms with van der Waals surface area (Å²) in [6, 6.07) is 7.62. The van der Waals surface area contributed by atoms with Crippen LogP contribution in [0.5, 0.6) is 11.5 Å². The third-order valence-corrected chi connectivity index (χ3v) is 3.18. The Bertz CT molecular complexity index is 445. The van der Waals surface area contributed by atoms with E-state index in [1.807, 2.05) is 49.9 Å². The maximum atomic E-state index is 12.0. The number of amides is 1. The highest BCUT2D eigenvalue weighted by Crippen LogP contribution is 2.31. The van der Waals surface area contributed by atoms with Gasteiger partial charge in [-0.2, -0.15) is 0 Å². The number of benzene rings is 1. The number of carbonyl (C=O) groups excluding carboxylic acids is 1. The molecule has 1 aliphatic heterocycles. The van der Waals surface area contributed by atoms with E-state index in [9.17, 15) is 4.79 Å². The number of hydrogen-bond acceptors (Lipinski definition) is 3. The lowest BCUT2D eigenvalue weighted by molar-refractivity contribution is -0.135. The molecular formula is C15H21NO3.